The first kappa shape index (κ1) is 70.7. The molecule has 0 radical (unpaired) electrons. The van der Waals surface area contributed by atoms with Gasteiger partial charge in [0.25, 0.3) is 0 Å². The van der Waals surface area contributed by atoms with E-state index in [0.717, 1.165) is 0 Å². The van der Waals surface area contributed by atoms with E-state index in [9.17, 15) is 47.9 Å². The lowest BCUT2D eigenvalue weighted by molar-refractivity contribution is -0.182. The van der Waals surface area contributed by atoms with Gasteiger partial charge in [-0.25, -0.2) is 19.2 Å². The monoisotopic (exact) mass is 1110 g/mol. The van der Waals surface area contributed by atoms with E-state index < -0.39 is 91.5 Å². The third-order valence-corrected chi connectivity index (χ3v) is 15.2. The van der Waals surface area contributed by atoms with Gasteiger partial charge in [-0.3, -0.25) is 28.8 Å². The van der Waals surface area contributed by atoms with Crippen LogP contribution in [0.25, 0.3) is 0 Å². The summed E-state index contributed by atoms with van der Waals surface area (Å²) < 4.78 is 50.9. The molecule has 20 nitrogen and oxygen atoms in total. The van der Waals surface area contributed by atoms with Crippen LogP contribution in [0, 0.1) is 32.5 Å². The van der Waals surface area contributed by atoms with Crippen molar-refractivity contribution in [2.45, 2.75) is 258 Å². The molecular weight excluding hydrogens is 1020 g/mol. The van der Waals surface area contributed by atoms with Gasteiger partial charge in [-0.2, -0.15) is 0 Å². The Labute approximate surface area is 463 Å². The van der Waals surface area contributed by atoms with Crippen molar-refractivity contribution in [1.29, 1.82) is 0 Å². The Morgan fingerprint density at radius 1 is 0.526 bits per heavy atom. The SMILES string of the molecule is CCC(C)(C)C(=O)OC1(C)CCOC(=O)C1.CCC(C)(C)C(=O)OC1(C)CCOC1=O.CCC(C)(C)C(=O)OC1C(=O)OCC1(C)C.CCC(C)(C)C(=O)OC1CC(C)(C)OC1=O.CCC(C)(C)C(=O)OC1CC(C)OC1=O. The molecule has 0 amide bonds. The van der Waals surface area contributed by atoms with Crippen LogP contribution in [0.2, 0.25) is 0 Å². The number of carbonyl (C=O) groups excluding carboxylic acids is 10. The fraction of sp³-hybridized carbons (Fsp3) is 0.828. The topological polar surface area (TPSA) is 263 Å². The van der Waals surface area contributed by atoms with E-state index in [2.05, 4.69) is 0 Å². The molecule has 6 atom stereocenters. The van der Waals surface area contributed by atoms with Gasteiger partial charge in [0.1, 0.15) is 23.9 Å². The van der Waals surface area contributed by atoms with E-state index in [0.29, 0.717) is 77.6 Å². The number of cyclic esters (lactones) is 5. The minimum Gasteiger partial charge on any atom is -0.465 e. The molecule has 0 spiro atoms. The third kappa shape index (κ3) is 20.7. The normalized spacial score (nSPS) is 25.3. The zero-order valence-corrected chi connectivity index (χ0v) is 51.2. The third-order valence-electron chi connectivity index (χ3n) is 15.2. The van der Waals surface area contributed by atoms with Crippen molar-refractivity contribution in [3.63, 3.8) is 0 Å². The first-order chi connectivity index (χ1) is 35.4. The molecule has 0 bridgehead atoms. The van der Waals surface area contributed by atoms with Gasteiger partial charge in [-0.05, 0) is 136 Å². The molecule has 78 heavy (non-hydrogen) atoms. The highest BCUT2D eigenvalue weighted by molar-refractivity contribution is 5.87. The van der Waals surface area contributed by atoms with E-state index in [1.165, 1.54) is 0 Å². The fourth-order valence-electron chi connectivity index (χ4n) is 6.62. The zero-order chi connectivity index (χ0) is 60.8. The molecule has 5 heterocycles. The molecule has 5 saturated heterocycles. The van der Waals surface area contributed by atoms with Crippen LogP contribution < -0.4 is 0 Å². The molecule has 0 aromatic rings. The summed E-state index contributed by atoms with van der Waals surface area (Å²) in [6, 6.07) is 0. The van der Waals surface area contributed by atoms with Crippen LogP contribution in [0.15, 0.2) is 0 Å². The minimum absolute atomic E-state index is 0.151. The average Bonchev–Trinajstić information content (AvgIpc) is 4.01. The standard InChI is InChI=1S/3C12H20O4.2C11H18O4/c1-6-11(2,3)10(14)16-8-9(13)15-7-12(8,4)5;1-6-11(2,3)10(14)15-8-7-12(4,5)16-9(8)13;1-5-11(2,3)10(14)16-12(4)6-7-15-9(13)8-12;1-5-10(2,3)8(12)15-11(4)6-7-14-9(11)13;1-5-11(3,4)10(13)15-8-6-7(2)14-9(8)12/h2*8H,6-7H2,1-5H3;5-8H2,1-4H3;5-7H2,1-4H3;7-8H,5-6H2,1-4H3. The smallest absolute Gasteiger partial charge is 0.350 e. The summed E-state index contributed by atoms with van der Waals surface area (Å²) in [4.78, 5) is 116. The molecule has 20 heteroatoms. The number of ether oxygens (including phenoxy) is 10. The first-order valence-electron chi connectivity index (χ1n) is 27.4. The van der Waals surface area contributed by atoms with E-state index >= 15 is 0 Å². The maximum Gasteiger partial charge on any atom is 0.350 e. The van der Waals surface area contributed by atoms with E-state index in [4.69, 9.17) is 47.4 Å². The molecule has 5 aliphatic rings. The molecule has 0 aromatic heterocycles. The van der Waals surface area contributed by atoms with E-state index in [-0.39, 0.29) is 48.3 Å². The second-order valence-corrected chi connectivity index (χ2v) is 25.7. The summed E-state index contributed by atoms with van der Waals surface area (Å²) in [5, 5.41) is 0. The van der Waals surface area contributed by atoms with Crippen LogP contribution in [-0.4, -0.2) is 121 Å². The van der Waals surface area contributed by atoms with Crippen LogP contribution in [0.5, 0.6) is 0 Å². The second-order valence-electron chi connectivity index (χ2n) is 25.7. The second kappa shape index (κ2) is 27.7. The Morgan fingerprint density at radius 2 is 0.949 bits per heavy atom. The lowest BCUT2D eigenvalue weighted by Crippen LogP contribution is -2.43. The quantitative estimate of drug-likeness (QED) is 0.109. The Bertz CT molecular complexity index is 2150. The van der Waals surface area contributed by atoms with E-state index in [1.807, 2.05) is 90.0 Å². The van der Waals surface area contributed by atoms with Crippen LogP contribution >= 0.6 is 0 Å². The van der Waals surface area contributed by atoms with Gasteiger partial charge in [0.2, 0.25) is 23.9 Å². The summed E-state index contributed by atoms with van der Waals surface area (Å²) in [5.41, 5.74) is -5.42. The molecule has 6 unspecified atom stereocenters. The Kier molecular flexibility index (Phi) is 25.1. The van der Waals surface area contributed by atoms with Crippen molar-refractivity contribution in [2.24, 2.45) is 32.5 Å². The summed E-state index contributed by atoms with van der Waals surface area (Å²) in [6.07, 6.45) is 3.11. The molecule has 5 fully saturated rings. The van der Waals surface area contributed by atoms with Gasteiger partial charge in [-0.15, -0.1) is 0 Å². The maximum absolute atomic E-state index is 11.9. The molecule has 448 valence electrons. The molecule has 0 N–H and O–H groups in total. The zero-order valence-electron chi connectivity index (χ0n) is 51.2. The Hall–Kier alpha value is -5.30. The van der Waals surface area contributed by atoms with Gasteiger partial charge >= 0.3 is 59.7 Å². The predicted molar refractivity (Wildman–Crippen MR) is 284 cm³/mol. The van der Waals surface area contributed by atoms with Crippen molar-refractivity contribution in [3.05, 3.63) is 0 Å². The highest BCUT2D eigenvalue weighted by Crippen LogP contribution is 2.36. The highest BCUT2D eigenvalue weighted by Gasteiger charge is 2.49. The van der Waals surface area contributed by atoms with Gasteiger partial charge in [0.05, 0.1) is 46.7 Å². The largest absolute Gasteiger partial charge is 0.465 e. The van der Waals surface area contributed by atoms with Crippen molar-refractivity contribution in [3.8, 4) is 0 Å². The number of hydrogen-bond acceptors (Lipinski definition) is 20. The van der Waals surface area contributed by atoms with Gasteiger partial charge < -0.3 is 47.4 Å². The molecule has 0 aromatic carbocycles. The summed E-state index contributed by atoms with van der Waals surface area (Å²) in [6.45, 7) is 41.2. The van der Waals surface area contributed by atoms with Gasteiger partial charge in [0.15, 0.2) is 0 Å². The number of carbonyl (C=O) groups is 10. The van der Waals surface area contributed by atoms with E-state index in [1.54, 1.807) is 62.3 Å². The van der Waals surface area contributed by atoms with Crippen molar-refractivity contribution in [2.75, 3.05) is 19.8 Å². The molecule has 0 aliphatic carbocycles. The molecular formula is C58H96O20. The van der Waals surface area contributed by atoms with Gasteiger partial charge in [0, 0.05) is 31.1 Å². The van der Waals surface area contributed by atoms with Crippen LogP contribution in [-0.2, 0) is 95.3 Å². The highest BCUT2D eigenvalue weighted by atomic mass is 16.6. The van der Waals surface area contributed by atoms with Crippen LogP contribution in [0.4, 0.5) is 0 Å². The lowest BCUT2D eigenvalue weighted by atomic mass is 9.88. The minimum atomic E-state index is -1.08. The summed E-state index contributed by atoms with van der Waals surface area (Å²) in [5.74, 6) is -3.64. The predicted octanol–water partition coefficient (Wildman–Crippen LogP) is 9.38. The van der Waals surface area contributed by atoms with Gasteiger partial charge in [-0.1, -0.05) is 48.5 Å². The Morgan fingerprint density at radius 3 is 1.31 bits per heavy atom. The average molecular weight is 1110 g/mol. The van der Waals surface area contributed by atoms with Crippen LogP contribution in [0.3, 0.4) is 0 Å². The fourth-order valence-corrected chi connectivity index (χ4v) is 6.62. The number of esters is 10. The molecule has 5 aliphatic heterocycles. The van der Waals surface area contributed by atoms with Crippen molar-refractivity contribution < 1.29 is 95.3 Å². The first-order valence-corrected chi connectivity index (χ1v) is 27.4. The van der Waals surface area contributed by atoms with Crippen molar-refractivity contribution in [1.82, 2.24) is 0 Å². The summed E-state index contributed by atoms with van der Waals surface area (Å²) >= 11 is 0. The molecule has 5 rings (SSSR count). The number of rotatable bonds is 15. The Balaban J connectivity index is 0.000000488. The summed E-state index contributed by atoms with van der Waals surface area (Å²) in [7, 11) is 0. The maximum atomic E-state index is 11.9. The molecule has 0 saturated carbocycles. The van der Waals surface area contributed by atoms with Crippen LogP contribution in [0.1, 0.15) is 217 Å². The van der Waals surface area contributed by atoms with Crippen molar-refractivity contribution >= 4 is 59.7 Å². The lowest BCUT2D eigenvalue weighted by Gasteiger charge is -2.35. The number of hydrogen-bond donors (Lipinski definition) is 0.